The first-order valence-electron chi connectivity index (χ1n) is 5.80. The molecule has 1 N–H and O–H groups in total. The van der Waals surface area contributed by atoms with Crippen LogP contribution in [0.15, 0.2) is 59.6 Å². The maximum absolute atomic E-state index is 12.5. The molecule has 2 aromatic rings. The molecule has 0 saturated heterocycles. The fraction of sp³-hybridized carbons (Fsp3) is 0.0769. The molecule has 7 heteroatoms. The number of pyridine rings is 1. The number of amides is 1. The highest BCUT2D eigenvalue weighted by atomic mass is 32.2. The number of hydrogen-bond donors (Lipinski definition) is 1. The minimum atomic E-state index is -3.91. The van der Waals surface area contributed by atoms with Crippen molar-refractivity contribution in [3.63, 3.8) is 0 Å². The van der Waals surface area contributed by atoms with Crippen LogP contribution in [0, 0.1) is 0 Å². The number of sulfonamides is 1. The second kappa shape index (κ2) is 5.70. The van der Waals surface area contributed by atoms with Gasteiger partial charge in [-0.1, -0.05) is 24.3 Å². The van der Waals surface area contributed by atoms with E-state index in [1.165, 1.54) is 31.3 Å². The van der Waals surface area contributed by atoms with Gasteiger partial charge in [-0.25, -0.2) is 4.98 Å². The normalized spacial score (nSPS) is 10.8. The van der Waals surface area contributed by atoms with Crippen LogP contribution in [-0.4, -0.2) is 19.3 Å². The van der Waals surface area contributed by atoms with Gasteiger partial charge in [-0.15, -0.1) is 0 Å². The molecule has 1 aromatic heterocycles. The van der Waals surface area contributed by atoms with Crippen molar-refractivity contribution in [1.82, 2.24) is 10.4 Å². The molecular formula is C13H13N3O3S. The van der Waals surface area contributed by atoms with E-state index in [9.17, 15) is 13.2 Å². The fourth-order valence-corrected chi connectivity index (χ4v) is 2.87. The summed E-state index contributed by atoms with van der Waals surface area (Å²) in [6, 6.07) is 12.6. The summed E-state index contributed by atoms with van der Waals surface area (Å²) in [6.45, 7) is 1.23. The summed E-state index contributed by atoms with van der Waals surface area (Å²) < 4.78 is 25.8. The summed E-state index contributed by atoms with van der Waals surface area (Å²) in [4.78, 5) is 15.3. The first kappa shape index (κ1) is 14.0. The van der Waals surface area contributed by atoms with Gasteiger partial charge >= 0.3 is 0 Å². The lowest BCUT2D eigenvalue weighted by Gasteiger charge is -2.22. The predicted octanol–water partition coefficient (Wildman–Crippen LogP) is 1.33. The highest BCUT2D eigenvalue weighted by molar-refractivity contribution is 7.92. The minimum Gasteiger partial charge on any atom is -0.274 e. The van der Waals surface area contributed by atoms with E-state index < -0.39 is 15.9 Å². The number of rotatable bonds is 4. The van der Waals surface area contributed by atoms with Gasteiger partial charge in [0, 0.05) is 13.1 Å². The first-order chi connectivity index (χ1) is 9.51. The average molecular weight is 291 g/mol. The molecule has 0 bridgehead atoms. The number of nitrogens with one attached hydrogen (secondary N) is 1. The molecular weight excluding hydrogens is 278 g/mol. The molecule has 0 fully saturated rings. The molecule has 0 aliphatic carbocycles. The van der Waals surface area contributed by atoms with Gasteiger partial charge in [0.15, 0.2) is 5.82 Å². The van der Waals surface area contributed by atoms with E-state index in [1.54, 1.807) is 30.3 Å². The van der Waals surface area contributed by atoms with E-state index in [0.29, 0.717) is 0 Å². The number of hydrogen-bond acceptors (Lipinski definition) is 4. The van der Waals surface area contributed by atoms with Gasteiger partial charge in [0.25, 0.3) is 10.0 Å². The number of carbonyl (C=O) groups is 1. The molecule has 0 saturated carbocycles. The van der Waals surface area contributed by atoms with E-state index in [0.717, 1.165) is 4.41 Å². The first-order valence-corrected chi connectivity index (χ1v) is 7.24. The summed E-state index contributed by atoms with van der Waals surface area (Å²) in [7, 11) is -3.91. The molecule has 0 spiro atoms. The zero-order valence-corrected chi connectivity index (χ0v) is 11.5. The van der Waals surface area contributed by atoms with Crippen molar-refractivity contribution in [2.45, 2.75) is 11.8 Å². The molecule has 1 amide bonds. The SMILES string of the molecule is CC(=O)NN(c1ccccn1)S(=O)(=O)c1ccccc1. The Bertz CT molecular complexity index is 687. The molecule has 1 aromatic carbocycles. The van der Waals surface area contributed by atoms with E-state index in [-0.39, 0.29) is 10.7 Å². The average Bonchev–Trinajstić information content (AvgIpc) is 2.46. The van der Waals surface area contributed by atoms with Crippen LogP contribution >= 0.6 is 0 Å². The number of carbonyl (C=O) groups excluding carboxylic acids is 1. The largest absolute Gasteiger partial charge is 0.283 e. The van der Waals surface area contributed by atoms with Gasteiger partial charge in [0.2, 0.25) is 5.91 Å². The second-order valence-corrected chi connectivity index (χ2v) is 5.73. The molecule has 0 radical (unpaired) electrons. The van der Waals surface area contributed by atoms with Crippen molar-refractivity contribution in [1.29, 1.82) is 0 Å². The van der Waals surface area contributed by atoms with Gasteiger partial charge in [-0.2, -0.15) is 12.8 Å². The number of anilines is 1. The third kappa shape index (κ3) is 2.94. The second-order valence-electron chi connectivity index (χ2n) is 3.94. The van der Waals surface area contributed by atoms with E-state index in [4.69, 9.17) is 0 Å². The molecule has 6 nitrogen and oxygen atoms in total. The van der Waals surface area contributed by atoms with Crippen molar-refractivity contribution < 1.29 is 13.2 Å². The lowest BCUT2D eigenvalue weighted by atomic mass is 10.4. The number of aromatic nitrogens is 1. The van der Waals surface area contributed by atoms with Crippen LogP contribution in [0.5, 0.6) is 0 Å². The number of hydrazine groups is 1. The topological polar surface area (TPSA) is 79.4 Å². The van der Waals surface area contributed by atoms with Gasteiger partial charge in [0.05, 0.1) is 4.90 Å². The Morgan fingerprint density at radius 3 is 2.30 bits per heavy atom. The highest BCUT2D eigenvalue weighted by Crippen LogP contribution is 2.19. The molecule has 104 valence electrons. The molecule has 0 atom stereocenters. The monoisotopic (exact) mass is 291 g/mol. The fourth-order valence-electron chi connectivity index (χ4n) is 1.56. The molecule has 0 aliphatic heterocycles. The zero-order chi connectivity index (χ0) is 14.6. The van der Waals surface area contributed by atoms with Crippen LogP contribution in [0.25, 0.3) is 0 Å². The van der Waals surface area contributed by atoms with Crippen molar-refractivity contribution in [2.75, 3.05) is 4.41 Å². The standard InChI is InChI=1S/C13H13N3O3S/c1-11(17)15-16(13-9-5-6-10-14-13)20(18,19)12-7-3-2-4-8-12/h2-10H,1H3,(H,15,17). The smallest absolute Gasteiger partial charge is 0.274 e. The summed E-state index contributed by atoms with van der Waals surface area (Å²) in [5.74, 6) is -0.387. The van der Waals surface area contributed by atoms with Gasteiger partial charge in [-0.3, -0.25) is 10.2 Å². The predicted molar refractivity (Wildman–Crippen MR) is 74.2 cm³/mol. The Balaban J connectivity index is 2.49. The Morgan fingerprint density at radius 1 is 1.10 bits per heavy atom. The zero-order valence-electron chi connectivity index (χ0n) is 10.7. The number of benzene rings is 1. The van der Waals surface area contributed by atoms with Crippen LogP contribution in [0.4, 0.5) is 5.82 Å². The van der Waals surface area contributed by atoms with Gasteiger partial charge < -0.3 is 0 Å². The Morgan fingerprint density at radius 2 is 1.75 bits per heavy atom. The quantitative estimate of drug-likeness (QED) is 0.862. The third-order valence-electron chi connectivity index (χ3n) is 2.40. The van der Waals surface area contributed by atoms with Crippen LogP contribution < -0.4 is 9.84 Å². The Labute approximate surface area is 117 Å². The highest BCUT2D eigenvalue weighted by Gasteiger charge is 2.26. The van der Waals surface area contributed by atoms with Crippen molar-refractivity contribution in [2.24, 2.45) is 0 Å². The van der Waals surface area contributed by atoms with E-state index in [1.807, 2.05) is 0 Å². The summed E-state index contributed by atoms with van der Waals surface area (Å²) in [6.07, 6.45) is 1.45. The summed E-state index contributed by atoms with van der Waals surface area (Å²) in [5.41, 5.74) is 2.28. The maximum atomic E-state index is 12.5. The molecule has 0 unspecified atom stereocenters. The van der Waals surface area contributed by atoms with Gasteiger partial charge in [0.1, 0.15) is 0 Å². The van der Waals surface area contributed by atoms with Crippen LogP contribution in [0.2, 0.25) is 0 Å². The van der Waals surface area contributed by atoms with E-state index in [2.05, 4.69) is 10.4 Å². The Hall–Kier alpha value is -2.41. The lowest BCUT2D eigenvalue weighted by Crippen LogP contribution is -2.45. The van der Waals surface area contributed by atoms with Crippen molar-refractivity contribution in [3.05, 3.63) is 54.7 Å². The van der Waals surface area contributed by atoms with E-state index >= 15 is 0 Å². The lowest BCUT2D eigenvalue weighted by molar-refractivity contribution is -0.118. The van der Waals surface area contributed by atoms with Gasteiger partial charge in [-0.05, 0) is 24.3 Å². The van der Waals surface area contributed by atoms with Crippen molar-refractivity contribution >= 4 is 21.7 Å². The minimum absolute atomic E-state index is 0.0689. The van der Waals surface area contributed by atoms with Crippen LogP contribution in [0.3, 0.4) is 0 Å². The summed E-state index contributed by atoms with van der Waals surface area (Å²) >= 11 is 0. The Kier molecular flexibility index (Phi) is 3.99. The molecule has 20 heavy (non-hydrogen) atoms. The molecule has 0 aliphatic rings. The van der Waals surface area contributed by atoms with Crippen LogP contribution in [-0.2, 0) is 14.8 Å². The van der Waals surface area contributed by atoms with Crippen LogP contribution in [0.1, 0.15) is 6.92 Å². The van der Waals surface area contributed by atoms with Crippen molar-refractivity contribution in [3.8, 4) is 0 Å². The number of nitrogens with zero attached hydrogens (tertiary/aromatic N) is 2. The summed E-state index contributed by atoms with van der Waals surface area (Å²) in [5, 5.41) is 0. The molecule has 2 rings (SSSR count). The molecule has 1 heterocycles. The third-order valence-corrected chi connectivity index (χ3v) is 4.02. The maximum Gasteiger partial charge on any atom is 0.283 e.